The predicted molar refractivity (Wildman–Crippen MR) is 43.5 cm³/mol. The first kappa shape index (κ1) is 8.08. The van der Waals surface area contributed by atoms with E-state index in [1.807, 2.05) is 0 Å². The third kappa shape index (κ3) is 1.35. The first-order valence-corrected chi connectivity index (χ1v) is 3.11. The summed E-state index contributed by atoms with van der Waals surface area (Å²) in [5.74, 6) is 1.08. The normalized spacial score (nSPS) is 8.92. The van der Waals surface area contributed by atoms with E-state index in [0.717, 1.165) is 0 Å². The summed E-state index contributed by atoms with van der Waals surface area (Å²) in [4.78, 5) is 14.1. The lowest BCUT2D eigenvalue weighted by atomic mass is 10.2. The smallest absolute Gasteiger partial charge is 0.339 e. The van der Waals surface area contributed by atoms with Crippen molar-refractivity contribution in [2.75, 3.05) is 5.73 Å². The highest BCUT2D eigenvalue weighted by Gasteiger charge is 2.07. The van der Waals surface area contributed by atoms with Crippen LogP contribution >= 0.6 is 0 Å². The minimum atomic E-state index is -1.11. The Kier molecular flexibility index (Phi) is 1.97. The van der Waals surface area contributed by atoms with Crippen LogP contribution in [0.15, 0.2) is 12.1 Å². The minimum Gasteiger partial charge on any atom is -0.478 e. The largest absolute Gasteiger partial charge is 0.478 e. The van der Waals surface area contributed by atoms with Gasteiger partial charge in [0.25, 0.3) is 0 Å². The number of nitrogen functional groups attached to an aromatic ring is 1. The summed E-state index contributed by atoms with van der Waals surface area (Å²) in [5, 5.41) is 8.56. The van der Waals surface area contributed by atoms with Crippen LogP contribution in [0, 0.1) is 12.3 Å². The molecule has 0 aliphatic rings. The molecular weight excluding hydrogens is 156 g/mol. The molecule has 0 bridgehead atoms. The molecule has 0 radical (unpaired) electrons. The van der Waals surface area contributed by atoms with E-state index in [-0.39, 0.29) is 11.4 Å². The van der Waals surface area contributed by atoms with Crippen molar-refractivity contribution in [3.05, 3.63) is 23.4 Å². The van der Waals surface area contributed by atoms with Gasteiger partial charge in [-0.2, -0.15) is 0 Å². The highest BCUT2D eigenvalue weighted by Crippen LogP contribution is 2.08. The maximum Gasteiger partial charge on any atom is 0.339 e. The van der Waals surface area contributed by atoms with Gasteiger partial charge in [0.05, 0.1) is 0 Å². The SMILES string of the molecule is C#Cc1ccc(C(=O)O)c(N)n1. The summed E-state index contributed by atoms with van der Waals surface area (Å²) in [7, 11) is 0. The molecule has 1 rings (SSSR count). The van der Waals surface area contributed by atoms with Gasteiger partial charge in [0.2, 0.25) is 0 Å². The van der Waals surface area contributed by atoms with Crippen LogP contribution in [-0.4, -0.2) is 16.1 Å². The van der Waals surface area contributed by atoms with Crippen molar-refractivity contribution in [1.82, 2.24) is 4.98 Å². The number of carboxylic acids is 1. The molecular formula is C8H6N2O2. The molecule has 0 unspecified atom stereocenters. The maximum atomic E-state index is 10.4. The second-order valence-corrected chi connectivity index (χ2v) is 2.08. The molecule has 1 aromatic heterocycles. The zero-order valence-electron chi connectivity index (χ0n) is 6.11. The van der Waals surface area contributed by atoms with Crippen LogP contribution in [0.2, 0.25) is 0 Å². The zero-order valence-corrected chi connectivity index (χ0v) is 6.11. The van der Waals surface area contributed by atoms with Crippen LogP contribution in [0.5, 0.6) is 0 Å². The van der Waals surface area contributed by atoms with Crippen LogP contribution in [0.4, 0.5) is 5.82 Å². The Morgan fingerprint density at radius 3 is 2.75 bits per heavy atom. The van der Waals surface area contributed by atoms with Gasteiger partial charge < -0.3 is 10.8 Å². The molecule has 0 saturated heterocycles. The second-order valence-electron chi connectivity index (χ2n) is 2.08. The number of carbonyl (C=O) groups is 1. The van der Waals surface area contributed by atoms with Gasteiger partial charge >= 0.3 is 5.97 Å². The number of carboxylic acid groups (broad SMARTS) is 1. The highest BCUT2D eigenvalue weighted by molar-refractivity contribution is 5.92. The molecule has 4 nitrogen and oxygen atoms in total. The molecule has 0 fully saturated rings. The minimum absolute atomic E-state index is 0.0333. The van der Waals surface area contributed by atoms with Crippen molar-refractivity contribution in [3.8, 4) is 12.3 Å². The van der Waals surface area contributed by atoms with Crippen molar-refractivity contribution in [3.63, 3.8) is 0 Å². The molecule has 4 heteroatoms. The molecule has 3 N–H and O–H groups in total. The molecule has 0 aliphatic heterocycles. The zero-order chi connectivity index (χ0) is 9.14. The monoisotopic (exact) mass is 162 g/mol. The molecule has 0 spiro atoms. The van der Waals surface area contributed by atoms with E-state index in [1.54, 1.807) is 0 Å². The van der Waals surface area contributed by atoms with Gasteiger partial charge in [0, 0.05) is 0 Å². The number of aromatic carboxylic acids is 1. The van der Waals surface area contributed by atoms with Gasteiger partial charge in [0.15, 0.2) is 0 Å². The number of terminal acetylenes is 1. The Morgan fingerprint density at radius 2 is 2.33 bits per heavy atom. The lowest BCUT2D eigenvalue weighted by Crippen LogP contribution is -2.04. The van der Waals surface area contributed by atoms with Gasteiger partial charge in [0.1, 0.15) is 17.1 Å². The number of anilines is 1. The highest BCUT2D eigenvalue weighted by atomic mass is 16.4. The second kappa shape index (κ2) is 2.93. The van der Waals surface area contributed by atoms with E-state index >= 15 is 0 Å². The molecule has 0 aliphatic carbocycles. The van der Waals surface area contributed by atoms with Gasteiger partial charge in [-0.1, -0.05) is 5.92 Å². The summed E-state index contributed by atoms with van der Waals surface area (Å²) in [6.45, 7) is 0. The van der Waals surface area contributed by atoms with E-state index in [0.29, 0.717) is 5.69 Å². The third-order valence-electron chi connectivity index (χ3n) is 1.30. The number of nitrogens with two attached hydrogens (primary N) is 1. The number of aromatic nitrogens is 1. The van der Waals surface area contributed by atoms with Crippen LogP contribution in [-0.2, 0) is 0 Å². The first-order chi connectivity index (χ1) is 5.65. The number of nitrogens with zero attached hydrogens (tertiary/aromatic N) is 1. The van der Waals surface area contributed by atoms with Gasteiger partial charge in [-0.15, -0.1) is 6.42 Å². The maximum absolute atomic E-state index is 10.4. The number of rotatable bonds is 1. The van der Waals surface area contributed by atoms with Crippen molar-refractivity contribution in [2.45, 2.75) is 0 Å². The molecule has 1 heterocycles. The van der Waals surface area contributed by atoms with E-state index in [4.69, 9.17) is 17.3 Å². The average Bonchev–Trinajstić information content (AvgIpc) is 2.03. The summed E-state index contributed by atoms with van der Waals surface area (Å²) < 4.78 is 0. The topological polar surface area (TPSA) is 76.2 Å². The van der Waals surface area contributed by atoms with E-state index in [2.05, 4.69) is 10.9 Å². The molecule has 0 aromatic carbocycles. The fourth-order valence-electron chi connectivity index (χ4n) is 0.736. The van der Waals surface area contributed by atoms with Gasteiger partial charge in [-0.3, -0.25) is 0 Å². The fourth-order valence-corrected chi connectivity index (χ4v) is 0.736. The Bertz CT molecular complexity index is 366. The van der Waals surface area contributed by atoms with Crippen LogP contribution in [0.1, 0.15) is 16.1 Å². The molecule has 0 amide bonds. The first-order valence-electron chi connectivity index (χ1n) is 3.11. The van der Waals surface area contributed by atoms with Crippen molar-refractivity contribution >= 4 is 11.8 Å². The summed E-state index contributed by atoms with van der Waals surface area (Å²) in [6.07, 6.45) is 5.03. The van der Waals surface area contributed by atoms with Gasteiger partial charge in [-0.05, 0) is 12.1 Å². The van der Waals surface area contributed by atoms with Crippen LogP contribution in [0.3, 0.4) is 0 Å². The van der Waals surface area contributed by atoms with Crippen molar-refractivity contribution in [1.29, 1.82) is 0 Å². The summed E-state index contributed by atoms with van der Waals surface area (Å²) in [6, 6.07) is 2.76. The fraction of sp³-hybridized carbons (Fsp3) is 0. The van der Waals surface area contributed by atoms with Crippen molar-refractivity contribution < 1.29 is 9.90 Å². The van der Waals surface area contributed by atoms with E-state index in [1.165, 1.54) is 12.1 Å². The lowest BCUT2D eigenvalue weighted by Gasteiger charge is -1.98. The predicted octanol–water partition coefficient (Wildman–Crippen LogP) is 0.343. The molecule has 0 saturated carbocycles. The molecule has 12 heavy (non-hydrogen) atoms. The Morgan fingerprint density at radius 1 is 1.67 bits per heavy atom. The Labute approximate surface area is 69.0 Å². The molecule has 60 valence electrons. The van der Waals surface area contributed by atoms with Crippen LogP contribution < -0.4 is 5.73 Å². The molecule has 0 atom stereocenters. The van der Waals surface area contributed by atoms with Crippen LogP contribution in [0.25, 0.3) is 0 Å². The van der Waals surface area contributed by atoms with Gasteiger partial charge in [-0.25, -0.2) is 9.78 Å². The van der Waals surface area contributed by atoms with E-state index in [9.17, 15) is 4.79 Å². The summed E-state index contributed by atoms with van der Waals surface area (Å²) >= 11 is 0. The van der Waals surface area contributed by atoms with Crippen molar-refractivity contribution in [2.24, 2.45) is 0 Å². The average molecular weight is 162 g/mol. The van der Waals surface area contributed by atoms with E-state index < -0.39 is 5.97 Å². The summed E-state index contributed by atoms with van der Waals surface area (Å²) in [5.41, 5.74) is 5.61. The third-order valence-corrected chi connectivity index (χ3v) is 1.30. The Hall–Kier alpha value is -2.02. The molecule has 1 aromatic rings. The number of hydrogen-bond acceptors (Lipinski definition) is 3. The quantitative estimate of drug-likeness (QED) is 0.584. The Balaban J connectivity index is 3.23. The standard InChI is InChI=1S/C8H6N2O2/c1-2-5-3-4-6(8(11)12)7(9)10-5/h1,3-4H,(H2,9,10)(H,11,12). The lowest BCUT2D eigenvalue weighted by molar-refractivity contribution is 0.0697. The number of hydrogen-bond donors (Lipinski definition) is 2. The number of pyridine rings is 1.